The average Bonchev–Trinajstić information content (AvgIpc) is 2.78. The Morgan fingerprint density at radius 3 is 2.71 bits per heavy atom. The van der Waals surface area contributed by atoms with Gasteiger partial charge in [-0.05, 0) is 31.0 Å². The van der Waals surface area contributed by atoms with Crippen LogP contribution in [0.5, 0.6) is 0 Å². The maximum atomic E-state index is 12.4. The van der Waals surface area contributed by atoms with Crippen molar-refractivity contribution >= 4 is 38.1 Å². The fourth-order valence-electron chi connectivity index (χ4n) is 1.82. The molecule has 0 bridgehead atoms. The standard InChI is InChI=1S/C13H15ClN2O3S2/c1-3-11-8(2)20-13(15-11)16-21(18,19)12-6-9(7-17)4-5-10(12)14/h4-6,17H,3,7H2,1-2H3,(H,15,16). The van der Waals surface area contributed by atoms with E-state index in [1.54, 1.807) is 6.07 Å². The fraction of sp³-hybridized carbons (Fsp3) is 0.308. The van der Waals surface area contributed by atoms with E-state index < -0.39 is 10.0 Å². The largest absolute Gasteiger partial charge is 0.392 e. The third-order valence-corrected chi connectivity index (χ3v) is 5.80. The van der Waals surface area contributed by atoms with E-state index in [2.05, 4.69) is 9.71 Å². The van der Waals surface area contributed by atoms with Crippen LogP contribution in [0.25, 0.3) is 0 Å². The van der Waals surface area contributed by atoms with Gasteiger partial charge in [0, 0.05) is 4.88 Å². The quantitative estimate of drug-likeness (QED) is 0.872. The predicted molar refractivity (Wildman–Crippen MR) is 84.4 cm³/mol. The van der Waals surface area contributed by atoms with Crippen LogP contribution >= 0.6 is 22.9 Å². The SMILES string of the molecule is CCc1nc(NS(=O)(=O)c2cc(CO)ccc2Cl)sc1C. The van der Waals surface area contributed by atoms with Crippen LogP contribution in [0.15, 0.2) is 23.1 Å². The van der Waals surface area contributed by atoms with E-state index in [0.29, 0.717) is 10.7 Å². The van der Waals surface area contributed by atoms with Crippen LogP contribution in [0.2, 0.25) is 5.02 Å². The number of sulfonamides is 1. The number of nitrogens with one attached hydrogen (secondary N) is 1. The minimum absolute atomic E-state index is 0.0679. The third kappa shape index (κ3) is 3.55. The number of benzene rings is 1. The molecule has 2 aromatic rings. The zero-order valence-electron chi connectivity index (χ0n) is 11.6. The molecular formula is C13H15ClN2O3S2. The molecule has 0 spiro atoms. The van der Waals surface area contributed by atoms with Crippen LogP contribution in [0, 0.1) is 6.92 Å². The molecule has 0 fully saturated rings. The van der Waals surface area contributed by atoms with E-state index in [0.717, 1.165) is 17.0 Å². The van der Waals surface area contributed by atoms with Gasteiger partial charge in [0.2, 0.25) is 0 Å². The van der Waals surface area contributed by atoms with Crippen LogP contribution in [-0.2, 0) is 23.1 Å². The van der Waals surface area contributed by atoms with E-state index in [9.17, 15) is 8.42 Å². The highest BCUT2D eigenvalue weighted by atomic mass is 35.5. The molecule has 1 aromatic carbocycles. The number of hydrogen-bond donors (Lipinski definition) is 2. The van der Waals surface area contributed by atoms with E-state index in [-0.39, 0.29) is 16.5 Å². The number of aliphatic hydroxyl groups is 1. The highest BCUT2D eigenvalue weighted by Crippen LogP contribution is 2.28. The van der Waals surface area contributed by atoms with Crippen LogP contribution in [-0.4, -0.2) is 18.5 Å². The smallest absolute Gasteiger partial charge is 0.265 e. The summed E-state index contributed by atoms with van der Waals surface area (Å²) in [6, 6.07) is 4.38. The van der Waals surface area contributed by atoms with E-state index in [4.69, 9.17) is 16.7 Å². The van der Waals surface area contributed by atoms with Gasteiger partial charge in [0.1, 0.15) is 4.90 Å². The lowest BCUT2D eigenvalue weighted by atomic mass is 10.2. The van der Waals surface area contributed by atoms with Crippen molar-refractivity contribution in [2.24, 2.45) is 0 Å². The summed E-state index contributed by atoms with van der Waals surface area (Å²) in [6.07, 6.45) is 0.741. The minimum Gasteiger partial charge on any atom is -0.392 e. The van der Waals surface area contributed by atoms with Gasteiger partial charge in [-0.1, -0.05) is 24.6 Å². The summed E-state index contributed by atoms with van der Waals surface area (Å²) < 4.78 is 27.2. The molecular weight excluding hydrogens is 332 g/mol. The topological polar surface area (TPSA) is 79.3 Å². The maximum absolute atomic E-state index is 12.4. The van der Waals surface area contributed by atoms with Crippen molar-refractivity contribution in [3.8, 4) is 0 Å². The van der Waals surface area contributed by atoms with Gasteiger partial charge in [-0.25, -0.2) is 13.4 Å². The number of rotatable bonds is 5. The first kappa shape index (κ1) is 16.2. The van der Waals surface area contributed by atoms with Gasteiger partial charge in [-0.3, -0.25) is 4.72 Å². The Labute approximate surface area is 132 Å². The second-order valence-electron chi connectivity index (χ2n) is 4.40. The van der Waals surface area contributed by atoms with Crippen molar-refractivity contribution in [3.63, 3.8) is 0 Å². The van der Waals surface area contributed by atoms with Gasteiger partial charge in [-0.15, -0.1) is 11.3 Å². The molecule has 0 unspecified atom stereocenters. The Morgan fingerprint density at radius 1 is 1.43 bits per heavy atom. The lowest BCUT2D eigenvalue weighted by Crippen LogP contribution is -2.13. The lowest BCUT2D eigenvalue weighted by molar-refractivity contribution is 0.281. The number of aromatic nitrogens is 1. The molecule has 5 nitrogen and oxygen atoms in total. The normalized spacial score (nSPS) is 11.6. The number of thiazole rings is 1. The average molecular weight is 347 g/mol. The fourth-order valence-corrected chi connectivity index (χ4v) is 4.51. The van der Waals surface area contributed by atoms with Gasteiger partial charge in [-0.2, -0.15) is 0 Å². The van der Waals surface area contributed by atoms with Gasteiger partial charge in [0.05, 0.1) is 17.3 Å². The highest BCUT2D eigenvalue weighted by Gasteiger charge is 2.20. The first-order valence-corrected chi connectivity index (χ1v) is 8.93. The number of hydrogen-bond acceptors (Lipinski definition) is 5. The molecule has 1 aromatic heterocycles. The molecule has 21 heavy (non-hydrogen) atoms. The molecule has 0 amide bonds. The van der Waals surface area contributed by atoms with Crippen LogP contribution < -0.4 is 4.72 Å². The van der Waals surface area contributed by atoms with Crippen LogP contribution in [0.1, 0.15) is 23.1 Å². The molecule has 8 heteroatoms. The molecule has 0 saturated heterocycles. The molecule has 114 valence electrons. The second-order valence-corrected chi connectivity index (χ2v) is 7.67. The summed E-state index contributed by atoms with van der Waals surface area (Å²) >= 11 is 7.23. The maximum Gasteiger partial charge on any atom is 0.265 e. The minimum atomic E-state index is -3.83. The van der Waals surface area contributed by atoms with Gasteiger partial charge < -0.3 is 5.11 Å². The molecule has 0 aliphatic heterocycles. The van der Waals surface area contributed by atoms with Gasteiger partial charge >= 0.3 is 0 Å². The van der Waals surface area contributed by atoms with Crippen LogP contribution in [0.4, 0.5) is 5.13 Å². The lowest BCUT2D eigenvalue weighted by Gasteiger charge is -2.08. The Bertz CT molecular complexity index is 757. The Morgan fingerprint density at radius 2 is 2.14 bits per heavy atom. The van der Waals surface area contributed by atoms with Crippen molar-refractivity contribution < 1.29 is 13.5 Å². The molecule has 2 rings (SSSR count). The van der Waals surface area contributed by atoms with Crippen molar-refractivity contribution in [3.05, 3.63) is 39.4 Å². The van der Waals surface area contributed by atoms with E-state index in [1.165, 1.54) is 23.5 Å². The monoisotopic (exact) mass is 346 g/mol. The van der Waals surface area contributed by atoms with E-state index in [1.807, 2.05) is 13.8 Å². The molecule has 0 radical (unpaired) electrons. The predicted octanol–water partition coefficient (Wildman–Crippen LogP) is 2.96. The molecule has 0 aliphatic carbocycles. The molecule has 2 N–H and O–H groups in total. The summed E-state index contributed by atoms with van der Waals surface area (Å²) in [5.74, 6) is 0. The van der Waals surface area contributed by atoms with Crippen molar-refractivity contribution in [2.45, 2.75) is 31.8 Å². The highest BCUT2D eigenvalue weighted by molar-refractivity contribution is 7.93. The summed E-state index contributed by atoms with van der Waals surface area (Å²) in [6.45, 7) is 3.60. The Kier molecular flexibility index (Phi) is 4.88. The summed E-state index contributed by atoms with van der Waals surface area (Å²) in [4.78, 5) is 5.16. The van der Waals surface area contributed by atoms with Crippen molar-refractivity contribution in [1.82, 2.24) is 4.98 Å². The zero-order chi connectivity index (χ0) is 15.6. The van der Waals surface area contributed by atoms with E-state index >= 15 is 0 Å². The number of aliphatic hydroxyl groups excluding tert-OH is 1. The summed E-state index contributed by atoms with van der Waals surface area (Å²) in [7, 11) is -3.83. The van der Waals surface area contributed by atoms with Gasteiger partial charge in [0.25, 0.3) is 10.0 Å². The summed E-state index contributed by atoms with van der Waals surface area (Å²) in [5.41, 5.74) is 1.34. The number of anilines is 1. The third-order valence-electron chi connectivity index (χ3n) is 2.92. The first-order chi connectivity index (χ1) is 9.87. The second kappa shape index (κ2) is 6.31. The van der Waals surface area contributed by atoms with Crippen molar-refractivity contribution in [2.75, 3.05) is 4.72 Å². The molecule has 0 atom stereocenters. The summed E-state index contributed by atoms with van der Waals surface area (Å²) in [5, 5.41) is 9.53. The molecule has 1 heterocycles. The van der Waals surface area contributed by atoms with Crippen LogP contribution in [0.3, 0.4) is 0 Å². The molecule has 0 aliphatic rings. The number of halogens is 1. The first-order valence-electron chi connectivity index (χ1n) is 6.25. The zero-order valence-corrected chi connectivity index (χ0v) is 13.9. The number of aryl methyl sites for hydroxylation is 2. The van der Waals surface area contributed by atoms with Crippen molar-refractivity contribution in [1.29, 1.82) is 0 Å². The van der Waals surface area contributed by atoms with Gasteiger partial charge in [0.15, 0.2) is 5.13 Å². The number of nitrogens with zero attached hydrogens (tertiary/aromatic N) is 1. The Balaban J connectivity index is 2.37. The Hall–Kier alpha value is -1.15. The molecule has 0 saturated carbocycles.